The highest BCUT2D eigenvalue weighted by molar-refractivity contribution is 5.77. The van der Waals surface area contributed by atoms with E-state index < -0.39 is 11.9 Å². The Kier molecular flexibility index (Phi) is 5.11. The lowest BCUT2D eigenvalue weighted by Gasteiger charge is -2.35. The zero-order valence-electron chi connectivity index (χ0n) is 14.2. The number of carbonyl (C=O) groups excluding carboxylic acids is 1. The molecule has 3 rings (SSSR count). The molecule has 1 saturated heterocycles. The Morgan fingerprint density at radius 2 is 2.16 bits per heavy atom. The van der Waals surface area contributed by atoms with Gasteiger partial charge in [-0.05, 0) is 31.2 Å². The maximum absolute atomic E-state index is 13.4. The lowest BCUT2D eigenvalue weighted by atomic mass is 9.90. The summed E-state index contributed by atoms with van der Waals surface area (Å²) in [6, 6.07) is 3.78. The largest absolute Gasteiger partial charge is 0.493 e. The number of rotatable bonds is 2. The lowest BCUT2D eigenvalue weighted by molar-refractivity contribution is -0.143. The van der Waals surface area contributed by atoms with Crippen LogP contribution in [0.3, 0.4) is 0 Å². The molecule has 1 fully saturated rings. The smallest absolute Gasteiger partial charge is 0.317 e. The normalized spacial score (nSPS) is 26.2. The Morgan fingerprint density at radius 1 is 1.36 bits per heavy atom. The molecule has 0 saturated carbocycles. The number of benzene rings is 1. The number of urea groups is 1. The van der Waals surface area contributed by atoms with Gasteiger partial charge in [0.1, 0.15) is 11.6 Å². The molecule has 6 nitrogen and oxygen atoms in total. The highest BCUT2D eigenvalue weighted by atomic mass is 19.1. The second kappa shape index (κ2) is 7.29. The third-order valence-electron chi connectivity index (χ3n) is 4.84. The molecule has 1 aromatic carbocycles. The number of hydrogen-bond donors (Lipinski definition) is 2. The van der Waals surface area contributed by atoms with Crippen LogP contribution in [0.4, 0.5) is 9.18 Å². The molecular formula is C18H23FN2O4. The number of likely N-dealkylation sites (tertiary alicyclic amines) is 1. The summed E-state index contributed by atoms with van der Waals surface area (Å²) in [5.74, 6) is -1.18. The van der Waals surface area contributed by atoms with E-state index in [4.69, 9.17) is 4.74 Å². The van der Waals surface area contributed by atoms with Crippen molar-refractivity contribution in [3.8, 4) is 5.75 Å². The third kappa shape index (κ3) is 4.03. The number of halogens is 1. The Hall–Kier alpha value is -2.31. The molecule has 3 atom stereocenters. The van der Waals surface area contributed by atoms with Gasteiger partial charge in [-0.1, -0.05) is 13.0 Å². The SMILES string of the molecule is CC1CC(C(=O)O)CN(C(=O)NC2CCCOc3cc(F)ccc32)C1. The van der Waals surface area contributed by atoms with E-state index in [9.17, 15) is 19.1 Å². The van der Waals surface area contributed by atoms with Gasteiger partial charge in [-0.25, -0.2) is 9.18 Å². The maximum Gasteiger partial charge on any atom is 0.317 e. The van der Waals surface area contributed by atoms with Crippen LogP contribution in [-0.4, -0.2) is 41.7 Å². The van der Waals surface area contributed by atoms with Crippen LogP contribution in [0, 0.1) is 17.7 Å². The molecule has 2 N–H and O–H groups in total. The van der Waals surface area contributed by atoms with Crippen LogP contribution >= 0.6 is 0 Å². The van der Waals surface area contributed by atoms with E-state index >= 15 is 0 Å². The monoisotopic (exact) mass is 350 g/mol. The molecule has 2 heterocycles. The number of carboxylic acid groups (broad SMARTS) is 1. The molecule has 136 valence electrons. The highest BCUT2D eigenvalue weighted by Gasteiger charge is 2.33. The molecule has 0 aliphatic carbocycles. The average molecular weight is 350 g/mol. The molecule has 2 aliphatic heterocycles. The first-order chi connectivity index (χ1) is 11.9. The molecular weight excluding hydrogens is 327 g/mol. The second-order valence-corrected chi connectivity index (χ2v) is 6.96. The Bertz CT molecular complexity index is 666. The minimum absolute atomic E-state index is 0.138. The predicted molar refractivity (Wildman–Crippen MR) is 88.9 cm³/mol. The summed E-state index contributed by atoms with van der Waals surface area (Å²) in [6.45, 7) is 3.18. The van der Waals surface area contributed by atoms with Gasteiger partial charge in [-0.15, -0.1) is 0 Å². The van der Waals surface area contributed by atoms with Crippen molar-refractivity contribution in [2.24, 2.45) is 11.8 Å². The summed E-state index contributed by atoms with van der Waals surface area (Å²) in [4.78, 5) is 25.5. The van der Waals surface area contributed by atoms with Crippen molar-refractivity contribution < 1.29 is 23.8 Å². The van der Waals surface area contributed by atoms with E-state index in [2.05, 4.69) is 5.32 Å². The van der Waals surface area contributed by atoms with E-state index in [0.717, 1.165) is 12.0 Å². The number of hydrogen-bond acceptors (Lipinski definition) is 3. The topological polar surface area (TPSA) is 78.9 Å². The van der Waals surface area contributed by atoms with Crippen molar-refractivity contribution >= 4 is 12.0 Å². The van der Waals surface area contributed by atoms with Gasteiger partial charge in [-0.3, -0.25) is 4.79 Å². The van der Waals surface area contributed by atoms with Crippen molar-refractivity contribution in [2.45, 2.75) is 32.2 Å². The average Bonchev–Trinajstić information content (AvgIpc) is 2.76. The maximum atomic E-state index is 13.4. The minimum atomic E-state index is -0.868. The first kappa shape index (κ1) is 17.5. The molecule has 0 bridgehead atoms. The summed E-state index contributed by atoms with van der Waals surface area (Å²) in [7, 11) is 0. The fraction of sp³-hybridized carbons (Fsp3) is 0.556. The first-order valence-electron chi connectivity index (χ1n) is 8.64. The molecule has 0 spiro atoms. The molecule has 0 radical (unpaired) electrons. The zero-order chi connectivity index (χ0) is 18.0. The molecule has 7 heteroatoms. The van der Waals surface area contributed by atoms with Crippen LogP contribution in [0.5, 0.6) is 5.75 Å². The number of piperidine rings is 1. The summed E-state index contributed by atoms with van der Waals surface area (Å²) in [5.41, 5.74) is 0.757. The Morgan fingerprint density at radius 3 is 2.92 bits per heavy atom. The quantitative estimate of drug-likeness (QED) is 0.860. The number of fused-ring (bicyclic) bond motifs is 1. The van der Waals surface area contributed by atoms with E-state index in [-0.39, 0.29) is 30.4 Å². The molecule has 2 amide bonds. The van der Waals surface area contributed by atoms with Crippen LogP contribution < -0.4 is 10.1 Å². The van der Waals surface area contributed by atoms with Crippen molar-refractivity contribution in [3.63, 3.8) is 0 Å². The van der Waals surface area contributed by atoms with Gasteiger partial charge in [0.25, 0.3) is 0 Å². The Balaban J connectivity index is 1.73. The molecule has 0 aromatic heterocycles. The molecule has 2 aliphatic rings. The van der Waals surface area contributed by atoms with E-state index in [1.54, 1.807) is 11.0 Å². The van der Waals surface area contributed by atoms with E-state index in [1.807, 2.05) is 6.92 Å². The fourth-order valence-electron chi connectivity index (χ4n) is 3.63. The van der Waals surface area contributed by atoms with E-state index in [0.29, 0.717) is 31.7 Å². The van der Waals surface area contributed by atoms with Gasteiger partial charge in [0.05, 0.1) is 18.6 Å². The number of amides is 2. The number of carboxylic acids is 1. The zero-order valence-corrected chi connectivity index (χ0v) is 14.2. The van der Waals surface area contributed by atoms with Crippen LogP contribution in [0.25, 0.3) is 0 Å². The second-order valence-electron chi connectivity index (χ2n) is 6.96. The predicted octanol–water partition coefficient (Wildman–Crippen LogP) is 2.79. The van der Waals surface area contributed by atoms with Crippen LogP contribution in [0.2, 0.25) is 0 Å². The third-order valence-corrected chi connectivity index (χ3v) is 4.84. The van der Waals surface area contributed by atoms with Crippen molar-refractivity contribution in [1.82, 2.24) is 10.2 Å². The van der Waals surface area contributed by atoms with Gasteiger partial charge in [0.15, 0.2) is 0 Å². The lowest BCUT2D eigenvalue weighted by Crippen LogP contribution is -2.50. The molecule has 25 heavy (non-hydrogen) atoms. The van der Waals surface area contributed by atoms with E-state index in [1.165, 1.54) is 12.1 Å². The highest BCUT2D eigenvalue weighted by Crippen LogP contribution is 2.32. The van der Waals surface area contributed by atoms with Gasteiger partial charge in [0, 0.05) is 24.7 Å². The van der Waals surface area contributed by atoms with Crippen molar-refractivity contribution in [1.29, 1.82) is 0 Å². The Labute approximate surface area is 146 Å². The summed E-state index contributed by atoms with van der Waals surface area (Å²) in [6.07, 6.45) is 2.02. The number of nitrogens with zero attached hydrogens (tertiary/aromatic N) is 1. The standard InChI is InChI=1S/C18H23FN2O4/c1-11-7-12(17(22)23)10-21(9-11)18(24)20-15-3-2-6-25-16-8-13(19)4-5-14(15)16/h4-5,8,11-12,15H,2-3,6-7,9-10H2,1H3,(H,20,24)(H,22,23). The van der Waals surface area contributed by atoms with Crippen LogP contribution in [-0.2, 0) is 4.79 Å². The van der Waals surface area contributed by atoms with Crippen LogP contribution in [0.15, 0.2) is 18.2 Å². The first-order valence-corrected chi connectivity index (χ1v) is 8.64. The number of ether oxygens (including phenoxy) is 1. The fourth-order valence-corrected chi connectivity index (χ4v) is 3.63. The van der Waals surface area contributed by atoms with Gasteiger partial charge in [-0.2, -0.15) is 0 Å². The molecule has 3 unspecified atom stereocenters. The summed E-state index contributed by atoms with van der Waals surface area (Å²) >= 11 is 0. The van der Waals surface area contributed by atoms with Crippen molar-refractivity contribution in [3.05, 3.63) is 29.6 Å². The summed E-state index contributed by atoms with van der Waals surface area (Å²) < 4.78 is 19.0. The number of aliphatic carboxylic acids is 1. The minimum Gasteiger partial charge on any atom is -0.493 e. The van der Waals surface area contributed by atoms with Crippen LogP contribution in [0.1, 0.15) is 37.8 Å². The number of carbonyl (C=O) groups is 2. The van der Waals surface area contributed by atoms with Gasteiger partial charge in [0.2, 0.25) is 0 Å². The molecule has 1 aromatic rings. The number of nitrogens with one attached hydrogen (secondary N) is 1. The summed E-state index contributed by atoms with van der Waals surface area (Å²) in [5, 5.41) is 12.2. The van der Waals surface area contributed by atoms with Gasteiger partial charge >= 0.3 is 12.0 Å². The van der Waals surface area contributed by atoms with Crippen molar-refractivity contribution in [2.75, 3.05) is 19.7 Å². The van der Waals surface area contributed by atoms with Gasteiger partial charge < -0.3 is 20.1 Å².